The van der Waals surface area contributed by atoms with Gasteiger partial charge in [0.05, 0.1) is 12.3 Å². The van der Waals surface area contributed by atoms with Crippen molar-refractivity contribution in [2.24, 2.45) is 0 Å². The van der Waals surface area contributed by atoms with Crippen molar-refractivity contribution in [2.45, 2.75) is 31.7 Å². The molecule has 0 aliphatic heterocycles. The van der Waals surface area contributed by atoms with E-state index >= 15 is 0 Å². The monoisotopic (exact) mass is 330 g/mol. The van der Waals surface area contributed by atoms with Gasteiger partial charge < -0.3 is 10.2 Å². The summed E-state index contributed by atoms with van der Waals surface area (Å²) in [7, 11) is 0. The largest absolute Gasteiger partial charge is 0.352 e. The summed E-state index contributed by atoms with van der Waals surface area (Å²) in [5.74, 6) is -2.25. The molecule has 0 saturated carbocycles. The molecular formula is C15H20F2N2O2S. The fourth-order valence-corrected chi connectivity index (χ4v) is 2.54. The van der Waals surface area contributed by atoms with E-state index in [1.165, 1.54) is 11.0 Å². The Morgan fingerprint density at radius 1 is 1.27 bits per heavy atom. The molecule has 1 aromatic rings. The van der Waals surface area contributed by atoms with Crippen LogP contribution in [0.15, 0.2) is 23.1 Å². The molecule has 0 radical (unpaired) electrons. The van der Waals surface area contributed by atoms with Gasteiger partial charge in [-0.2, -0.15) is 0 Å². The first kappa shape index (κ1) is 18.4. The van der Waals surface area contributed by atoms with Crippen LogP contribution >= 0.6 is 11.8 Å². The van der Waals surface area contributed by atoms with Crippen molar-refractivity contribution < 1.29 is 18.4 Å². The number of benzene rings is 1. The molecule has 0 fully saturated rings. The molecule has 0 unspecified atom stereocenters. The zero-order valence-corrected chi connectivity index (χ0v) is 13.7. The van der Waals surface area contributed by atoms with Crippen LogP contribution in [0.2, 0.25) is 0 Å². The van der Waals surface area contributed by atoms with E-state index < -0.39 is 11.6 Å². The fourth-order valence-electron chi connectivity index (χ4n) is 1.72. The van der Waals surface area contributed by atoms with Crippen LogP contribution in [0.5, 0.6) is 0 Å². The minimum atomic E-state index is -0.943. The lowest BCUT2D eigenvalue weighted by Crippen LogP contribution is -2.43. The normalized spacial score (nSPS) is 10.6. The smallest absolute Gasteiger partial charge is 0.239 e. The molecule has 122 valence electrons. The number of nitrogens with one attached hydrogen (secondary N) is 1. The van der Waals surface area contributed by atoms with Crippen molar-refractivity contribution in [2.75, 3.05) is 18.8 Å². The number of carbonyl (C=O) groups excluding carboxylic acids is 2. The Kier molecular flexibility index (Phi) is 7.31. The van der Waals surface area contributed by atoms with E-state index in [9.17, 15) is 18.4 Å². The van der Waals surface area contributed by atoms with Crippen molar-refractivity contribution in [1.29, 1.82) is 0 Å². The van der Waals surface area contributed by atoms with E-state index in [1.807, 2.05) is 13.8 Å². The average molecular weight is 330 g/mol. The van der Waals surface area contributed by atoms with E-state index in [-0.39, 0.29) is 30.2 Å². The van der Waals surface area contributed by atoms with Gasteiger partial charge in [0.2, 0.25) is 11.8 Å². The van der Waals surface area contributed by atoms with E-state index in [0.717, 1.165) is 23.9 Å². The van der Waals surface area contributed by atoms with Crippen LogP contribution in [0.25, 0.3) is 0 Å². The summed E-state index contributed by atoms with van der Waals surface area (Å²) >= 11 is 1.11. The SMILES string of the molecule is CCN(CC(=O)NC(C)C)C(=O)CSc1ccc(F)c(F)c1. The molecule has 7 heteroatoms. The molecule has 0 atom stereocenters. The number of hydrogen-bond donors (Lipinski definition) is 1. The van der Waals surface area contributed by atoms with E-state index in [1.54, 1.807) is 6.92 Å². The second-order valence-electron chi connectivity index (χ2n) is 4.99. The molecule has 0 bridgehead atoms. The summed E-state index contributed by atoms with van der Waals surface area (Å²) in [6, 6.07) is 3.50. The molecule has 4 nitrogen and oxygen atoms in total. The molecule has 2 amide bonds. The lowest BCUT2D eigenvalue weighted by atomic mass is 10.3. The van der Waals surface area contributed by atoms with Crippen molar-refractivity contribution in [1.82, 2.24) is 10.2 Å². The molecule has 0 saturated heterocycles. The molecule has 0 spiro atoms. The topological polar surface area (TPSA) is 49.4 Å². The number of carbonyl (C=O) groups is 2. The van der Waals surface area contributed by atoms with Gasteiger partial charge in [0, 0.05) is 17.5 Å². The van der Waals surface area contributed by atoms with Crippen molar-refractivity contribution in [3.63, 3.8) is 0 Å². The average Bonchev–Trinajstić information content (AvgIpc) is 2.44. The Labute approximate surface area is 133 Å². The highest BCUT2D eigenvalue weighted by Crippen LogP contribution is 2.20. The number of nitrogens with zero attached hydrogens (tertiary/aromatic N) is 1. The fraction of sp³-hybridized carbons (Fsp3) is 0.467. The second-order valence-corrected chi connectivity index (χ2v) is 6.04. The maximum atomic E-state index is 13.1. The van der Waals surface area contributed by atoms with Crippen LogP contribution < -0.4 is 5.32 Å². The van der Waals surface area contributed by atoms with Gasteiger partial charge in [0.15, 0.2) is 11.6 Å². The minimum Gasteiger partial charge on any atom is -0.352 e. The Balaban J connectivity index is 2.54. The second kappa shape index (κ2) is 8.73. The van der Waals surface area contributed by atoms with Crippen LogP contribution in [-0.2, 0) is 9.59 Å². The molecule has 1 aromatic carbocycles. The number of amides is 2. The summed E-state index contributed by atoms with van der Waals surface area (Å²) in [5, 5.41) is 2.72. The maximum absolute atomic E-state index is 13.1. The molecule has 0 heterocycles. The molecule has 1 N–H and O–H groups in total. The number of thioether (sulfide) groups is 1. The first-order chi connectivity index (χ1) is 10.3. The maximum Gasteiger partial charge on any atom is 0.239 e. The van der Waals surface area contributed by atoms with Crippen LogP contribution in [0.1, 0.15) is 20.8 Å². The Bertz CT molecular complexity index is 538. The van der Waals surface area contributed by atoms with Gasteiger partial charge in [-0.05, 0) is 39.0 Å². The predicted molar refractivity (Wildman–Crippen MR) is 82.6 cm³/mol. The van der Waals surface area contributed by atoms with E-state index in [0.29, 0.717) is 11.4 Å². The summed E-state index contributed by atoms with van der Waals surface area (Å²) in [6.45, 7) is 5.86. The van der Waals surface area contributed by atoms with E-state index in [4.69, 9.17) is 0 Å². The predicted octanol–water partition coefficient (Wildman–Crippen LogP) is 2.43. The lowest BCUT2D eigenvalue weighted by Gasteiger charge is -2.21. The lowest BCUT2D eigenvalue weighted by molar-refractivity contribution is -0.134. The highest BCUT2D eigenvalue weighted by Gasteiger charge is 2.16. The Morgan fingerprint density at radius 2 is 1.95 bits per heavy atom. The van der Waals surface area contributed by atoms with Gasteiger partial charge in [-0.25, -0.2) is 8.78 Å². The number of rotatable bonds is 7. The van der Waals surface area contributed by atoms with E-state index in [2.05, 4.69) is 5.32 Å². The zero-order valence-electron chi connectivity index (χ0n) is 12.9. The highest BCUT2D eigenvalue weighted by molar-refractivity contribution is 8.00. The van der Waals surface area contributed by atoms with Crippen molar-refractivity contribution in [3.8, 4) is 0 Å². The number of hydrogen-bond acceptors (Lipinski definition) is 3. The Morgan fingerprint density at radius 3 is 2.50 bits per heavy atom. The quantitative estimate of drug-likeness (QED) is 0.781. The molecule has 1 rings (SSSR count). The third kappa shape index (κ3) is 6.01. The summed E-state index contributed by atoms with van der Waals surface area (Å²) in [4.78, 5) is 25.6. The van der Waals surface area contributed by atoms with Gasteiger partial charge in [-0.1, -0.05) is 0 Å². The highest BCUT2D eigenvalue weighted by atomic mass is 32.2. The van der Waals surface area contributed by atoms with Crippen LogP contribution in [0, 0.1) is 11.6 Å². The van der Waals surface area contributed by atoms with Crippen LogP contribution in [0.3, 0.4) is 0 Å². The van der Waals surface area contributed by atoms with Gasteiger partial charge in [0.25, 0.3) is 0 Å². The summed E-state index contributed by atoms with van der Waals surface area (Å²) < 4.78 is 25.9. The summed E-state index contributed by atoms with van der Waals surface area (Å²) in [6.07, 6.45) is 0. The van der Waals surface area contributed by atoms with Gasteiger partial charge in [-0.3, -0.25) is 9.59 Å². The zero-order chi connectivity index (χ0) is 16.7. The van der Waals surface area contributed by atoms with Gasteiger partial charge in [0.1, 0.15) is 0 Å². The minimum absolute atomic E-state index is 0.00808. The molecule has 22 heavy (non-hydrogen) atoms. The Hall–Kier alpha value is -1.63. The first-order valence-electron chi connectivity index (χ1n) is 6.98. The third-order valence-electron chi connectivity index (χ3n) is 2.77. The molecule has 0 aliphatic carbocycles. The molecular weight excluding hydrogens is 310 g/mol. The first-order valence-corrected chi connectivity index (χ1v) is 7.97. The van der Waals surface area contributed by atoms with Crippen LogP contribution in [-0.4, -0.2) is 41.6 Å². The molecule has 0 aromatic heterocycles. The number of likely N-dealkylation sites (N-methyl/N-ethyl adjacent to an activating group) is 1. The standard InChI is InChI=1S/C15H20F2N2O2S/c1-4-19(8-14(20)18-10(2)3)15(21)9-22-11-5-6-12(16)13(17)7-11/h5-7,10H,4,8-9H2,1-3H3,(H,18,20). The van der Waals surface area contributed by atoms with Gasteiger partial charge in [-0.15, -0.1) is 11.8 Å². The number of halogens is 2. The van der Waals surface area contributed by atoms with Crippen LogP contribution in [0.4, 0.5) is 8.78 Å². The van der Waals surface area contributed by atoms with Gasteiger partial charge >= 0.3 is 0 Å². The third-order valence-corrected chi connectivity index (χ3v) is 3.75. The molecule has 0 aliphatic rings. The summed E-state index contributed by atoms with van der Waals surface area (Å²) in [5.41, 5.74) is 0. The van der Waals surface area contributed by atoms with Crippen molar-refractivity contribution in [3.05, 3.63) is 29.8 Å². The van der Waals surface area contributed by atoms with Crippen molar-refractivity contribution >= 4 is 23.6 Å².